The molecule has 58 valence electrons. The van der Waals surface area contributed by atoms with Crippen LogP contribution in [0.2, 0.25) is 0 Å². The van der Waals surface area contributed by atoms with Crippen LogP contribution >= 0.6 is 0 Å². The van der Waals surface area contributed by atoms with Gasteiger partial charge >= 0.3 is 0 Å². The SMILES string of the molecule is C=CCC/C(O)=C(\C)CC. The Kier molecular flexibility index (Phi) is 4.73. The molecule has 0 unspecified atom stereocenters. The van der Waals surface area contributed by atoms with Crippen LogP contribution in [0.15, 0.2) is 24.0 Å². The van der Waals surface area contributed by atoms with Crippen LogP contribution in [-0.2, 0) is 0 Å². The fourth-order valence-corrected chi connectivity index (χ4v) is 0.656. The summed E-state index contributed by atoms with van der Waals surface area (Å²) in [6, 6.07) is 0. The summed E-state index contributed by atoms with van der Waals surface area (Å²) in [6.45, 7) is 7.58. The third kappa shape index (κ3) is 3.33. The van der Waals surface area contributed by atoms with Gasteiger partial charge in [-0.25, -0.2) is 0 Å². The van der Waals surface area contributed by atoms with E-state index in [2.05, 4.69) is 6.58 Å². The molecule has 0 aromatic carbocycles. The lowest BCUT2D eigenvalue weighted by molar-refractivity contribution is 0.380. The summed E-state index contributed by atoms with van der Waals surface area (Å²) in [5.41, 5.74) is 1.09. The maximum atomic E-state index is 9.28. The first kappa shape index (κ1) is 9.28. The molecule has 0 saturated carbocycles. The Labute approximate surface area is 63.1 Å². The number of aliphatic hydroxyl groups excluding tert-OH is 1. The molecule has 1 heteroatoms. The average Bonchev–Trinajstić information content (AvgIpc) is 1.98. The molecule has 0 fully saturated rings. The van der Waals surface area contributed by atoms with E-state index in [-0.39, 0.29) is 0 Å². The van der Waals surface area contributed by atoms with Crippen molar-refractivity contribution in [3.8, 4) is 0 Å². The minimum atomic E-state index is 0.530. The molecule has 10 heavy (non-hydrogen) atoms. The summed E-state index contributed by atoms with van der Waals surface area (Å²) >= 11 is 0. The highest BCUT2D eigenvalue weighted by atomic mass is 16.3. The zero-order valence-electron chi connectivity index (χ0n) is 6.85. The number of rotatable bonds is 4. The van der Waals surface area contributed by atoms with Crippen LogP contribution in [0.3, 0.4) is 0 Å². The fraction of sp³-hybridized carbons (Fsp3) is 0.556. The smallest absolute Gasteiger partial charge is 0.0914 e. The molecule has 0 aliphatic heterocycles. The second kappa shape index (κ2) is 5.10. The van der Waals surface area contributed by atoms with Gasteiger partial charge in [0.1, 0.15) is 0 Å². The lowest BCUT2D eigenvalue weighted by atomic mass is 10.1. The lowest BCUT2D eigenvalue weighted by Gasteiger charge is -2.00. The molecule has 1 N–H and O–H groups in total. The molecular formula is C9H16O. The summed E-state index contributed by atoms with van der Waals surface area (Å²) < 4.78 is 0. The molecule has 0 rings (SSSR count). The first-order chi connectivity index (χ1) is 4.72. The van der Waals surface area contributed by atoms with Crippen LogP contribution in [0.5, 0.6) is 0 Å². The van der Waals surface area contributed by atoms with E-state index in [0.29, 0.717) is 5.76 Å². The monoisotopic (exact) mass is 140 g/mol. The second-order valence-electron chi connectivity index (χ2n) is 2.41. The Morgan fingerprint density at radius 2 is 2.20 bits per heavy atom. The van der Waals surface area contributed by atoms with Gasteiger partial charge in [-0.2, -0.15) is 0 Å². The number of allylic oxidation sites excluding steroid dienone is 3. The minimum Gasteiger partial charge on any atom is -0.512 e. The highest BCUT2D eigenvalue weighted by Crippen LogP contribution is 2.10. The summed E-state index contributed by atoms with van der Waals surface area (Å²) in [7, 11) is 0. The summed E-state index contributed by atoms with van der Waals surface area (Å²) in [6.07, 6.45) is 4.36. The van der Waals surface area contributed by atoms with Gasteiger partial charge in [-0.15, -0.1) is 6.58 Å². The van der Waals surface area contributed by atoms with Crippen LogP contribution in [0, 0.1) is 0 Å². The van der Waals surface area contributed by atoms with Crippen molar-refractivity contribution in [2.24, 2.45) is 0 Å². The van der Waals surface area contributed by atoms with Crippen LogP contribution in [-0.4, -0.2) is 5.11 Å². The normalized spacial score (nSPS) is 12.6. The quantitative estimate of drug-likeness (QED) is 0.469. The Bertz CT molecular complexity index is 134. The van der Waals surface area contributed by atoms with Crippen molar-refractivity contribution in [2.45, 2.75) is 33.1 Å². The van der Waals surface area contributed by atoms with Crippen LogP contribution in [0.4, 0.5) is 0 Å². The van der Waals surface area contributed by atoms with Crippen molar-refractivity contribution in [1.29, 1.82) is 0 Å². The van der Waals surface area contributed by atoms with E-state index in [4.69, 9.17) is 0 Å². The van der Waals surface area contributed by atoms with E-state index >= 15 is 0 Å². The van der Waals surface area contributed by atoms with Crippen molar-refractivity contribution < 1.29 is 5.11 Å². The molecule has 0 bridgehead atoms. The van der Waals surface area contributed by atoms with E-state index < -0.39 is 0 Å². The van der Waals surface area contributed by atoms with Gasteiger partial charge in [-0.3, -0.25) is 0 Å². The zero-order chi connectivity index (χ0) is 7.98. The molecule has 0 aromatic rings. The third-order valence-electron chi connectivity index (χ3n) is 1.61. The molecule has 0 atom stereocenters. The number of aliphatic hydroxyl groups is 1. The molecule has 0 amide bonds. The number of hydrogen-bond acceptors (Lipinski definition) is 1. The van der Waals surface area contributed by atoms with E-state index in [9.17, 15) is 5.11 Å². The summed E-state index contributed by atoms with van der Waals surface area (Å²) in [5, 5.41) is 9.28. The highest BCUT2D eigenvalue weighted by molar-refractivity contribution is 5.04. The van der Waals surface area contributed by atoms with E-state index in [1.54, 1.807) is 0 Å². The van der Waals surface area contributed by atoms with Crippen LogP contribution < -0.4 is 0 Å². The molecule has 0 radical (unpaired) electrons. The predicted octanol–water partition coefficient (Wildman–Crippen LogP) is 3.19. The van der Waals surface area contributed by atoms with Crippen molar-refractivity contribution >= 4 is 0 Å². The molecule has 0 heterocycles. The van der Waals surface area contributed by atoms with Gasteiger partial charge in [0.15, 0.2) is 0 Å². The zero-order valence-corrected chi connectivity index (χ0v) is 6.85. The largest absolute Gasteiger partial charge is 0.512 e. The van der Waals surface area contributed by atoms with Crippen LogP contribution in [0.25, 0.3) is 0 Å². The molecule has 0 aliphatic carbocycles. The Hall–Kier alpha value is -0.720. The van der Waals surface area contributed by atoms with Crippen molar-refractivity contribution in [2.75, 3.05) is 0 Å². The maximum absolute atomic E-state index is 9.28. The minimum absolute atomic E-state index is 0.530. The lowest BCUT2D eigenvalue weighted by Crippen LogP contribution is -1.85. The molecule has 0 aromatic heterocycles. The predicted molar refractivity (Wildman–Crippen MR) is 45.1 cm³/mol. The van der Waals surface area contributed by atoms with Crippen LogP contribution in [0.1, 0.15) is 33.1 Å². The van der Waals surface area contributed by atoms with E-state index in [0.717, 1.165) is 24.8 Å². The number of hydrogen-bond donors (Lipinski definition) is 1. The Balaban J connectivity index is 3.79. The van der Waals surface area contributed by atoms with Gasteiger partial charge in [0, 0.05) is 6.42 Å². The first-order valence-electron chi connectivity index (χ1n) is 3.70. The van der Waals surface area contributed by atoms with Gasteiger partial charge in [-0.1, -0.05) is 13.0 Å². The van der Waals surface area contributed by atoms with Crippen molar-refractivity contribution in [1.82, 2.24) is 0 Å². The van der Waals surface area contributed by atoms with E-state index in [1.807, 2.05) is 19.9 Å². The topological polar surface area (TPSA) is 20.2 Å². The first-order valence-corrected chi connectivity index (χ1v) is 3.70. The summed E-state index contributed by atoms with van der Waals surface area (Å²) in [4.78, 5) is 0. The molecular weight excluding hydrogens is 124 g/mol. The van der Waals surface area contributed by atoms with Gasteiger partial charge < -0.3 is 5.11 Å². The van der Waals surface area contributed by atoms with Gasteiger partial charge in [-0.05, 0) is 25.3 Å². The maximum Gasteiger partial charge on any atom is 0.0914 e. The highest BCUT2D eigenvalue weighted by Gasteiger charge is 1.95. The van der Waals surface area contributed by atoms with Crippen molar-refractivity contribution in [3.63, 3.8) is 0 Å². The van der Waals surface area contributed by atoms with Gasteiger partial charge in [0.2, 0.25) is 0 Å². The van der Waals surface area contributed by atoms with E-state index in [1.165, 1.54) is 0 Å². The molecule has 1 nitrogen and oxygen atoms in total. The standard InChI is InChI=1S/C9H16O/c1-4-6-7-9(10)8(3)5-2/h4,10H,1,5-7H2,2-3H3/b9-8-. The molecule has 0 saturated heterocycles. The second-order valence-corrected chi connectivity index (χ2v) is 2.41. The van der Waals surface area contributed by atoms with Gasteiger partial charge in [0.05, 0.1) is 5.76 Å². The van der Waals surface area contributed by atoms with Crippen molar-refractivity contribution in [3.05, 3.63) is 24.0 Å². The Morgan fingerprint density at radius 3 is 2.60 bits per heavy atom. The van der Waals surface area contributed by atoms with Gasteiger partial charge in [0.25, 0.3) is 0 Å². The molecule has 0 spiro atoms. The Morgan fingerprint density at radius 1 is 1.60 bits per heavy atom. The average molecular weight is 140 g/mol. The fourth-order valence-electron chi connectivity index (χ4n) is 0.656. The molecule has 0 aliphatic rings. The summed E-state index contributed by atoms with van der Waals surface area (Å²) in [5.74, 6) is 0.530. The third-order valence-corrected chi connectivity index (χ3v) is 1.61.